The van der Waals surface area contributed by atoms with Crippen LogP contribution in [0, 0.1) is 0 Å². The Kier molecular flexibility index (Phi) is 11.4. The second-order valence-corrected chi connectivity index (χ2v) is 8.43. The number of aliphatic hydroxyl groups excluding tert-OH is 1. The Bertz CT molecular complexity index is 598. The molecule has 1 aromatic rings. The molecule has 0 amide bonds. The van der Waals surface area contributed by atoms with Gasteiger partial charge in [0.15, 0.2) is 5.96 Å². The quantitative estimate of drug-likeness (QED) is 0.310. The molecule has 26 heavy (non-hydrogen) atoms. The lowest BCUT2D eigenvalue weighted by Gasteiger charge is -2.30. The van der Waals surface area contributed by atoms with Crippen molar-refractivity contribution in [3.63, 3.8) is 0 Å². The number of nitrogens with zero attached hydrogens (tertiary/aromatic N) is 1. The topological polar surface area (TPSA) is 73.7 Å². The number of aliphatic imine (C=N–C) groups is 1. The zero-order valence-corrected chi connectivity index (χ0v) is 18.9. The molecule has 5 nitrogen and oxygen atoms in total. The van der Waals surface area contributed by atoms with Crippen molar-refractivity contribution in [3.8, 4) is 0 Å². The summed E-state index contributed by atoms with van der Waals surface area (Å²) in [4.78, 5) is 4.68. The third-order valence-electron chi connectivity index (χ3n) is 4.66. The molecule has 1 fully saturated rings. The standard InChI is InChI=1S/C19H31N3O2S.HI/c1-3-20-19(21-13-15-8-5-6-9-16(15)14-23)22-17-10-7-11-18(12-17)25(24)4-2;/h5-6,8-9,17-18,23H,3-4,7,10-14H2,1-2H3,(H2,20,21,22);1H. The maximum absolute atomic E-state index is 12.1. The van der Waals surface area contributed by atoms with E-state index >= 15 is 0 Å². The van der Waals surface area contributed by atoms with Crippen molar-refractivity contribution in [2.75, 3.05) is 12.3 Å². The van der Waals surface area contributed by atoms with E-state index in [0.717, 1.165) is 55.1 Å². The minimum Gasteiger partial charge on any atom is -0.392 e. The molecule has 1 aromatic carbocycles. The van der Waals surface area contributed by atoms with Gasteiger partial charge in [-0.15, -0.1) is 24.0 Å². The van der Waals surface area contributed by atoms with Crippen LogP contribution in [0.25, 0.3) is 0 Å². The summed E-state index contributed by atoms with van der Waals surface area (Å²) in [6.45, 7) is 5.41. The van der Waals surface area contributed by atoms with Crippen molar-refractivity contribution in [1.82, 2.24) is 10.6 Å². The average molecular weight is 493 g/mol. The Hall–Kier alpha value is -0.670. The fourth-order valence-corrected chi connectivity index (χ4v) is 4.64. The molecule has 0 radical (unpaired) electrons. The van der Waals surface area contributed by atoms with E-state index in [1.54, 1.807) is 0 Å². The molecule has 2 rings (SSSR count). The lowest BCUT2D eigenvalue weighted by molar-refractivity contribution is 0.280. The van der Waals surface area contributed by atoms with E-state index in [2.05, 4.69) is 22.5 Å². The Morgan fingerprint density at radius 3 is 2.65 bits per heavy atom. The number of hydrogen-bond donors (Lipinski definition) is 3. The first kappa shape index (κ1) is 23.4. The highest BCUT2D eigenvalue weighted by molar-refractivity contribution is 14.0. The van der Waals surface area contributed by atoms with E-state index in [1.807, 2.05) is 31.2 Å². The van der Waals surface area contributed by atoms with Crippen LogP contribution in [0.15, 0.2) is 29.3 Å². The Morgan fingerprint density at radius 1 is 1.27 bits per heavy atom. The van der Waals surface area contributed by atoms with E-state index in [4.69, 9.17) is 0 Å². The lowest BCUT2D eigenvalue weighted by Crippen LogP contribution is -2.46. The smallest absolute Gasteiger partial charge is 0.191 e. The normalized spacial score (nSPS) is 21.6. The SMILES string of the molecule is CCNC(=NCc1ccccc1CO)NC1CCCC(S(=O)CC)C1.I. The summed E-state index contributed by atoms with van der Waals surface area (Å²) in [5.41, 5.74) is 1.95. The third kappa shape index (κ3) is 7.15. The van der Waals surface area contributed by atoms with Crippen LogP contribution in [-0.4, -0.2) is 38.9 Å². The number of rotatable bonds is 7. The van der Waals surface area contributed by atoms with Crippen LogP contribution in [0.1, 0.15) is 50.7 Å². The summed E-state index contributed by atoms with van der Waals surface area (Å²) >= 11 is 0. The van der Waals surface area contributed by atoms with Gasteiger partial charge in [-0.2, -0.15) is 0 Å². The number of hydrogen-bond acceptors (Lipinski definition) is 3. The average Bonchev–Trinajstić information content (AvgIpc) is 2.66. The predicted octanol–water partition coefficient (Wildman–Crippen LogP) is 2.93. The number of halogens is 1. The van der Waals surface area contributed by atoms with Crippen molar-refractivity contribution >= 4 is 40.7 Å². The van der Waals surface area contributed by atoms with Gasteiger partial charge in [0.1, 0.15) is 0 Å². The molecule has 3 unspecified atom stereocenters. The van der Waals surface area contributed by atoms with Crippen molar-refractivity contribution in [2.24, 2.45) is 4.99 Å². The molecular formula is C19H32IN3O2S. The molecule has 0 bridgehead atoms. The van der Waals surface area contributed by atoms with E-state index in [1.165, 1.54) is 0 Å². The molecule has 0 saturated heterocycles. The van der Waals surface area contributed by atoms with E-state index < -0.39 is 10.8 Å². The van der Waals surface area contributed by atoms with Gasteiger partial charge in [-0.25, -0.2) is 4.99 Å². The molecule has 1 aliphatic rings. The summed E-state index contributed by atoms with van der Waals surface area (Å²) < 4.78 is 12.1. The van der Waals surface area contributed by atoms with Gasteiger partial charge in [-0.05, 0) is 37.3 Å². The van der Waals surface area contributed by atoms with E-state index in [9.17, 15) is 9.32 Å². The minimum atomic E-state index is -0.719. The van der Waals surface area contributed by atoms with Crippen LogP contribution in [0.4, 0.5) is 0 Å². The third-order valence-corrected chi connectivity index (χ3v) is 6.40. The number of benzene rings is 1. The monoisotopic (exact) mass is 493 g/mol. The Labute approximate surface area is 176 Å². The van der Waals surface area contributed by atoms with E-state index in [-0.39, 0.29) is 30.6 Å². The van der Waals surface area contributed by atoms with Crippen LogP contribution in [-0.2, 0) is 24.0 Å². The molecule has 148 valence electrons. The molecule has 0 aromatic heterocycles. The molecule has 7 heteroatoms. The molecule has 0 spiro atoms. The molecule has 1 aliphatic carbocycles. The van der Waals surface area contributed by atoms with Gasteiger partial charge in [0.2, 0.25) is 0 Å². The Balaban J connectivity index is 0.00000338. The van der Waals surface area contributed by atoms with Crippen LogP contribution in [0.3, 0.4) is 0 Å². The van der Waals surface area contributed by atoms with Gasteiger partial charge >= 0.3 is 0 Å². The number of aliphatic hydroxyl groups is 1. The second-order valence-electron chi connectivity index (χ2n) is 6.42. The minimum absolute atomic E-state index is 0. The first-order valence-electron chi connectivity index (χ1n) is 9.27. The van der Waals surface area contributed by atoms with Gasteiger partial charge < -0.3 is 15.7 Å². The first-order valence-corrected chi connectivity index (χ1v) is 10.7. The fourth-order valence-electron chi connectivity index (χ4n) is 3.29. The van der Waals surface area contributed by atoms with Crippen LogP contribution >= 0.6 is 24.0 Å². The van der Waals surface area contributed by atoms with Gasteiger partial charge in [0, 0.05) is 34.4 Å². The van der Waals surface area contributed by atoms with Crippen LogP contribution in [0.5, 0.6) is 0 Å². The zero-order valence-electron chi connectivity index (χ0n) is 15.7. The molecular weight excluding hydrogens is 461 g/mol. The van der Waals surface area contributed by atoms with Crippen molar-refractivity contribution < 1.29 is 9.32 Å². The van der Waals surface area contributed by atoms with Gasteiger partial charge in [-0.1, -0.05) is 37.6 Å². The highest BCUT2D eigenvalue weighted by Gasteiger charge is 2.26. The molecule has 1 saturated carbocycles. The molecule has 3 atom stereocenters. The van der Waals surface area contributed by atoms with Crippen LogP contribution in [0.2, 0.25) is 0 Å². The fraction of sp³-hybridized carbons (Fsp3) is 0.632. The van der Waals surface area contributed by atoms with Crippen molar-refractivity contribution in [1.29, 1.82) is 0 Å². The number of guanidine groups is 1. The zero-order chi connectivity index (χ0) is 18.1. The molecule has 3 N–H and O–H groups in total. The lowest BCUT2D eigenvalue weighted by atomic mass is 9.95. The predicted molar refractivity (Wildman–Crippen MR) is 120 cm³/mol. The maximum atomic E-state index is 12.1. The maximum Gasteiger partial charge on any atom is 0.191 e. The molecule has 0 heterocycles. The second kappa shape index (κ2) is 12.7. The number of nitrogens with one attached hydrogen (secondary N) is 2. The van der Waals surface area contributed by atoms with E-state index in [0.29, 0.717) is 17.8 Å². The summed E-state index contributed by atoms with van der Waals surface area (Å²) in [7, 11) is -0.719. The Morgan fingerprint density at radius 2 is 2.00 bits per heavy atom. The summed E-state index contributed by atoms with van der Waals surface area (Å²) in [6.07, 6.45) is 4.21. The van der Waals surface area contributed by atoms with Gasteiger partial charge in [0.25, 0.3) is 0 Å². The highest BCUT2D eigenvalue weighted by atomic mass is 127. The van der Waals surface area contributed by atoms with Crippen molar-refractivity contribution in [3.05, 3.63) is 35.4 Å². The van der Waals surface area contributed by atoms with Crippen LogP contribution < -0.4 is 10.6 Å². The molecule has 0 aliphatic heterocycles. The largest absolute Gasteiger partial charge is 0.392 e. The summed E-state index contributed by atoms with van der Waals surface area (Å²) in [5, 5.41) is 16.6. The van der Waals surface area contributed by atoms with Gasteiger partial charge in [0.05, 0.1) is 13.2 Å². The highest BCUT2D eigenvalue weighted by Crippen LogP contribution is 2.23. The van der Waals surface area contributed by atoms with Crippen molar-refractivity contribution in [2.45, 2.75) is 64.0 Å². The van der Waals surface area contributed by atoms with Gasteiger partial charge in [-0.3, -0.25) is 4.21 Å². The summed E-state index contributed by atoms with van der Waals surface area (Å²) in [5.74, 6) is 1.53. The summed E-state index contributed by atoms with van der Waals surface area (Å²) in [6, 6.07) is 8.14. The first-order chi connectivity index (χ1) is 12.2.